The Balaban J connectivity index is 1.44. The van der Waals surface area contributed by atoms with Crippen molar-refractivity contribution in [1.29, 1.82) is 0 Å². The predicted molar refractivity (Wildman–Crippen MR) is 94.1 cm³/mol. The molecule has 2 aromatic carbocycles. The molecule has 0 bridgehead atoms. The topological polar surface area (TPSA) is 56.8 Å². The molecule has 3 rings (SSSR count). The summed E-state index contributed by atoms with van der Waals surface area (Å²) in [5.74, 6) is 7.67. The molecule has 0 aromatic heterocycles. The van der Waals surface area contributed by atoms with Crippen LogP contribution in [0.15, 0.2) is 36.4 Å². The average Bonchev–Trinajstić information content (AvgIpc) is 3.04. The summed E-state index contributed by atoms with van der Waals surface area (Å²) in [5, 5.41) is 2.78. The van der Waals surface area contributed by atoms with Crippen LogP contribution in [0.2, 0.25) is 0 Å². The Morgan fingerprint density at radius 2 is 1.84 bits per heavy atom. The van der Waals surface area contributed by atoms with E-state index < -0.39 is 0 Å². The third-order valence-electron chi connectivity index (χ3n) is 3.60. The molecular formula is C20H19NO4. The molecule has 1 heterocycles. The fourth-order valence-electron chi connectivity index (χ4n) is 2.53. The molecular weight excluding hydrogens is 318 g/mol. The fraction of sp³-hybridized carbons (Fsp3) is 0.250. The molecule has 128 valence electrons. The lowest BCUT2D eigenvalue weighted by atomic mass is 10.1. The minimum Gasteiger partial charge on any atom is -0.481 e. The van der Waals surface area contributed by atoms with Gasteiger partial charge in [0.2, 0.25) is 6.79 Å². The lowest BCUT2D eigenvalue weighted by Crippen LogP contribution is -2.23. The maximum absolute atomic E-state index is 12.1. The van der Waals surface area contributed by atoms with Gasteiger partial charge in [0, 0.05) is 11.6 Å². The van der Waals surface area contributed by atoms with Crippen LogP contribution in [0.1, 0.15) is 21.5 Å². The van der Waals surface area contributed by atoms with Gasteiger partial charge in [-0.1, -0.05) is 29.0 Å². The highest BCUT2D eigenvalue weighted by Gasteiger charge is 2.13. The normalized spacial score (nSPS) is 11.4. The van der Waals surface area contributed by atoms with Gasteiger partial charge >= 0.3 is 0 Å². The summed E-state index contributed by atoms with van der Waals surface area (Å²) >= 11 is 0. The first kappa shape index (κ1) is 16.7. The van der Waals surface area contributed by atoms with Crippen LogP contribution in [-0.4, -0.2) is 25.9 Å². The second-order valence-corrected chi connectivity index (χ2v) is 5.72. The predicted octanol–water partition coefficient (Wildman–Crippen LogP) is 2.84. The minimum atomic E-state index is -0.127. The van der Waals surface area contributed by atoms with E-state index in [1.54, 1.807) is 18.2 Å². The summed E-state index contributed by atoms with van der Waals surface area (Å²) < 4.78 is 16.1. The Bertz CT molecular complexity index is 828. The van der Waals surface area contributed by atoms with Crippen LogP contribution < -0.4 is 19.5 Å². The molecule has 0 saturated carbocycles. The highest BCUT2D eigenvalue weighted by Crippen LogP contribution is 2.34. The molecule has 5 heteroatoms. The summed E-state index contributed by atoms with van der Waals surface area (Å²) in [6, 6.07) is 11.1. The van der Waals surface area contributed by atoms with Crippen LogP contribution in [-0.2, 0) is 0 Å². The number of ether oxygens (including phenoxy) is 3. The van der Waals surface area contributed by atoms with Gasteiger partial charge in [0.25, 0.3) is 5.91 Å². The molecule has 1 aliphatic rings. The van der Waals surface area contributed by atoms with Crippen LogP contribution in [0.4, 0.5) is 0 Å². The van der Waals surface area contributed by atoms with Crippen molar-refractivity contribution in [2.75, 3.05) is 19.9 Å². The molecule has 0 unspecified atom stereocenters. The summed E-state index contributed by atoms with van der Waals surface area (Å²) in [6.07, 6.45) is 0. The number of nitrogens with one attached hydrogen (secondary N) is 1. The van der Waals surface area contributed by atoms with Crippen molar-refractivity contribution in [3.05, 3.63) is 53.1 Å². The van der Waals surface area contributed by atoms with Crippen molar-refractivity contribution in [3.8, 4) is 29.1 Å². The molecule has 2 aromatic rings. The zero-order valence-electron chi connectivity index (χ0n) is 14.2. The Morgan fingerprint density at radius 1 is 1.08 bits per heavy atom. The molecule has 0 atom stereocenters. The summed E-state index contributed by atoms with van der Waals surface area (Å²) in [6.45, 7) is 4.68. The van der Waals surface area contributed by atoms with E-state index in [4.69, 9.17) is 14.2 Å². The van der Waals surface area contributed by atoms with Crippen molar-refractivity contribution in [2.45, 2.75) is 13.8 Å². The first-order valence-corrected chi connectivity index (χ1v) is 7.96. The van der Waals surface area contributed by atoms with Crippen LogP contribution in [0.3, 0.4) is 0 Å². The van der Waals surface area contributed by atoms with Crippen LogP contribution >= 0.6 is 0 Å². The van der Waals surface area contributed by atoms with Gasteiger partial charge in [0.15, 0.2) is 11.5 Å². The van der Waals surface area contributed by atoms with E-state index in [1.807, 2.05) is 32.0 Å². The quantitative estimate of drug-likeness (QED) is 0.872. The summed E-state index contributed by atoms with van der Waals surface area (Å²) in [4.78, 5) is 12.1. The van der Waals surface area contributed by atoms with Crippen LogP contribution in [0.25, 0.3) is 0 Å². The Hall–Kier alpha value is -3.13. The van der Waals surface area contributed by atoms with Gasteiger partial charge in [-0.15, -0.1) is 0 Å². The minimum absolute atomic E-state index is 0.127. The number of carbonyl (C=O) groups is 1. The van der Waals surface area contributed by atoms with E-state index in [9.17, 15) is 4.79 Å². The number of aryl methyl sites for hydroxylation is 2. The van der Waals surface area contributed by atoms with Crippen molar-refractivity contribution in [3.63, 3.8) is 0 Å². The molecule has 0 spiro atoms. The Morgan fingerprint density at radius 3 is 2.64 bits per heavy atom. The van der Waals surface area contributed by atoms with E-state index >= 15 is 0 Å². The average molecular weight is 337 g/mol. The van der Waals surface area contributed by atoms with Gasteiger partial charge in [0.05, 0.1) is 6.54 Å². The largest absolute Gasteiger partial charge is 0.481 e. The molecule has 25 heavy (non-hydrogen) atoms. The lowest BCUT2D eigenvalue weighted by Gasteiger charge is -2.04. The first-order chi connectivity index (χ1) is 12.1. The van der Waals surface area contributed by atoms with Gasteiger partial charge in [-0.3, -0.25) is 4.79 Å². The van der Waals surface area contributed by atoms with E-state index in [0.717, 1.165) is 11.1 Å². The third-order valence-corrected chi connectivity index (χ3v) is 3.60. The molecule has 1 aliphatic heterocycles. The summed E-state index contributed by atoms with van der Waals surface area (Å²) in [5.41, 5.74) is 2.78. The number of rotatable bonds is 4. The number of carbonyl (C=O) groups excluding carboxylic acids is 1. The zero-order chi connectivity index (χ0) is 17.6. The molecule has 0 radical (unpaired) electrons. The van der Waals surface area contributed by atoms with Gasteiger partial charge in [0.1, 0.15) is 12.4 Å². The van der Waals surface area contributed by atoms with Crippen LogP contribution in [0.5, 0.6) is 17.2 Å². The molecule has 0 aliphatic carbocycles. The van der Waals surface area contributed by atoms with Crippen molar-refractivity contribution >= 4 is 5.91 Å². The van der Waals surface area contributed by atoms with Crippen molar-refractivity contribution in [2.24, 2.45) is 0 Å². The van der Waals surface area contributed by atoms with Gasteiger partial charge in [-0.25, -0.2) is 0 Å². The highest BCUT2D eigenvalue weighted by molar-refractivity contribution is 5.94. The van der Waals surface area contributed by atoms with Gasteiger partial charge in [-0.05, 0) is 38.1 Å². The lowest BCUT2D eigenvalue weighted by molar-refractivity contribution is 0.0958. The Labute approximate surface area is 146 Å². The Kier molecular flexibility index (Phi) is 5.10. The SMILES string of the molecule is Cc1cc(C)cc(C(=O)NCC#CCOc2ccc3c(c2)OCO3)c1. The van der Waals surface area contributed by atoms with E-state index in [-0.39, 0.29) is 25.9 Å². The van der Waals surface area contributed by atoms with Gasteiger partial charge < -0.3 is 19.5 Å². The molecule has 0 saturated heterocycles. The van der Waals surface area contributed by atoms with Crippen molar-refractivity contribution in [1.82, 2.24) is 5.32 Å². The van der Waals surface area contributed by atoms with E-state index in [1.165, 1.54) is 0 Å². The highest BCUT2D eigenvalue weighted by atomic mass is 16.7. The molecule has 1 amide bonds. The smallest absolute Gasteiger partial charge is 0.252 e. The second-order valence-electron chi connectivity index (χ2n) is 5.72. The number of hydrogen-bond acceptors (Lipinski definition) is 4. The monoisotopic (exact) mass is 337 g/mol. The van der Waals surface area contributed by atoms with Crippen LogP contribution in [0, 0.1) is 25.7 Å². The maximum Gasteiger partial charge on any atom is 0.252 e. The first-order valence-electron chi connectivity index (χ1n) is 7.96. The van der Waals surface area contributed by atoms with Gasteiger partial charge in [-0.2, -0.15) is 0 Å². The molecule has 0 fully saturated rings. The fourth-order valence-corrected chi connectivity index (χ4v) is 2.53. The number of hydrogen-bond donors (Lipinski definition) is 1. The molecule has 5 nitrogen and oxygen atoms in total. The van der Waals surface area contributed by atoms with Crippen molar-refractivity contribution < 1.29 is 19.0 Å². The maximum atomic E-state index is 12.1. The van der Waals surface area contributed by atoms with E-state index in [0.29, 0.717) is 22.8 Å². The third kappa shape index (κ3) is 4.45. The summed E-state index contributed by atoms with van der Waals surface area (Å²) in [7, 11) is 0. The number of fused-ring (bicyclic) bond motifs is 1. The second kappa shape index (κ2) is 7.63. The van der Waals surface area contributed by atoms with E-state index in [2.05, 4.69) is 17.2 Å². The molecule has 1 N–H and O–H groups in total. The zero-order valence-corrected chi connectivity index (χ0v) is 14.2. The standard InChI is InChI=1S/C20H19NO4/c1-14-9-15(2)11-16(10-14)20(22)21-7-3-4-8-23-17-5-6-18-19(12-17)25-13-24-18/h5-6,9-12H,7-8,13H2,1-2H3,(H,21,22). The number of benzene rings is 2. The number of amides is 1.